The van der Waals surface area contributed by atoms with Crippen LogP contribution >= 0.6 is 23.1 Å². The number of tetrazole rings is 1. The minimum Gasteiger partial charge on any atom is -0.339 e. The summed E-state index contributed by atoms with van der Waals surface area (Å²) in [5.74, 6) is 0.513. The van der Waals surface area contributed by atoms with E-state index in [0.717, 1.165) is 32.7 Å². The molecule has 0 radical (unpaired) electrons. The van der Waals surface area contributed by atoms with Crippen LogP contribution in [0.2, 0.25) is 0 Å². The Bertz CT molecular complexity index is 934. The summed E-state index contributed by atoms with van der Waals surface area (Å²) in [5, 5.41) is 14.6. The molecule has 1 aromatic carbocycles. The van der Waals surface area contributed by atoms with Crippen LogP contribution in [0.3, 0.4) is 0 Å². The van der Waals surface area contributed by atoms with Crippen molar-refractivity contribution in [3.8, 4) is 0 Å². The number of amides is 1. The third-order valence-corrected chi connectivity index (χ3v) is 6.89. The fourth-order valence-corrected chi connectivity index (χ4v) is 4.82. The molecule has 1 aliphatic heterocycles. The third kappa shape index (κ3) is 5.23. The number of piperazine rings is 1. The lowest BCUT2D eigenvalue weighted by molar-refractivity contribution is -0.130. The Hall–Kier alpha value is -2.23. The van der Waals surface area contributed by atoms with Gasteiger partial charge < -0.3 is 4.90 Å². The Morgan fingerprint density at radius 3 is 2.69 bits per heavy atom. The molecule has 0 saturated carbocycles. The van der Waals surface area contributed by atoms with Gasteiger partial charge in [-0.15, -0.1) is 16.4 Å². The van der Waals surface area contributed by atoms with Crippen LogP contribution in [0.15, 0.2) is 46.9 Å². The maximum absolute atomic E-state index is 12.7. The monoisotopic (exact) mass is 428 g/mol. The smallest absolute Gasteiger partial charge is 0.233 e. The Balaban J connectivity index is 1.24. The van der Waals surface area contributed by atoms with E-state index in [1.165, 1.54) is 27.8 Å². The molecule has 9 heteroatoms. The van der Waals surface area contributed by atoms with Gasteiger partial charge in [-0.05, 0) is 39.9 Å². The average Bonchev–Trinajstić information content (AvgIpc) is 3.41. The molecule has 7 nitrogen and oxygen atoms in total. The quantitative estimate of drug-likeness (QED) is 0.539. The topological polar surface area (TPSA) is 67.2 Å². The summed E-state index contributed by atoms with van der Waals surface area (Å²) >= 11 is 3.08. The van der Waals surface area contributed by atoms with Gasteiger partial charge in [-0.1, -0.05) is 42.1 Å². The van der Waals surface area contributed by atoms with Crippen molar-refractivity contribution in [3.05, 3.63) is 57.8 Å². The summed E-state index contributed by atoms with van der Waals surface area (Å²) in [4.78, 5) is 18.2. The lowest BCUT2D eigenvalue weighted by atomic mass is 10.1. The van der Waals surface area contributed by atoms with E-state index in [-0.39, 0.29) is 5.91 Å². The number of aromatic nitrogens is 4. The minimum absolute atomic E-state index is 0.149. The summed E-state index contributed by atoms with van der Waals surface area (Å²) in [6, 6.07) is 12.6. The molecule has 1 saturated heterocycles. The normalized spacial score (nSPS) is 15.0. The molecule has 0 spiro atoms. The largest absolute Gasteiger partial charge is 0.339 e. The first-order valence-electron chi connectivity index (χ1n) is 9.65. The second-order valence-electron chi connectivity index (χ2n) is 7.07. The molecule has 1 aliphatic rings. The number of thioether (sulfide) groups is 1. The molecule has 2 aromatic heterocycles. The van der Waals surface area contributed by atoms with E-state index < -0.39 is 0 Å². The zero-order valence-corrected chi connectivity index (χ0v) is 18.0. The zero-order chi connectivity index (χ0) is 20.1. The molecule has 0 N–H and O–H groups in total. The van der Waals surface area contributed by atoms with Crippen molar-refractivity contribution in [2.75, 3.05) is 31.9 Å². The molecule has 4 rings (SSSR count). The van der Waals surface area contributed by atoms with Crippen LogP contribution in [0.1, 0.15) is 16.0 Å². The molecule has 0 bridgehead atoms. The van der Waals surface area contributed by atoms with E-state index in [1.807, 2.05) is 16.3 Å². The van der Waals surface area contributed by atoms with Gasteiger partial charge in [-0.3, -0.25) is 9.69 Å². The summed E-state index contributed by atoms with van der Waals surface area (Å²) < 4.78 is 1.75. The van der Waals surface area contributed by atoms with Crippen molar-refractivity contribution in [2.45, 2.75) is 25.2 Å². The number of benzene rings is 1. The third-order valence-electron chi connectivity index (χ3n) is 5.09. The number of hydrogen-bond acceptors (Lipinski definition) is 7. The first-order valence-corrected chi connectivity index (χ1v) is 11.5. The number of nitrogens with zero attached hydrogens (tertiary/aromatic N) is 6. The molecule has 152 valence electrons. The van der Waals surface area contributed by atoms with E-state index in [2.05, 4.69) is 57.7 Å². The van der Waals surface area contributed by atoms with Crippen LogP contribution in [0.4, 0.5) is 0 Å². The Labute approximate surface area is 178 Å². The summed E-state index contributed by atoms with van der Waals surface area (Å²) in [7, 11) is 0. The van der Waals surface area contributed by atoms with Crippen molar-refractivity contribution < 1.29 is 4.79 Å². The van der Waals surface area contributed by atoms with Crippen LogP contribution in [0.5, 0.6) is 0 Å². The molecule has 0 unspecified atom stereocenters. The molecule has 3 aromatic rings. The molecular formula is C20H24N6OS2. The van der Waals surface area contributed by atoms with E-state index >= 15 is 0 Å². The second kappa shape index (κ2) is 9.51. The van der Waals surface area contributed by atoms with E-state index in [0.29, 0.717) is 17.5 Å². The molecule has 1 fully saturated rings. The van der Waals surface area contributed by atoms with Crippen molar-refractivity contribution in [1.82, 2.24) is 30.0 Å². The van der Waals surface area contributed by atoms with Gasteiger partial charge in [0.25, 0.3) is 0 Å². The first kappa shape index (κ1) is 20.1. The van der Waals surface area contributed by atoms with Gasteiger partial charge in [0, 0.05) is 37.6 Å². The predicted molar refractivity (Wildman–Crippen MR) is 115 cm³/mol. The minimum atomic E-state index is 0.149. The molecule has 29 heavy (non-hydrogen) atoms. The summed E-state index contributed by atoms with van der Waals surface area (Å²) in [6.45, 7) is 7.08. The molecule has 0 aliphatic carbocycles. The van der Waals surface area contributed by atoms with Crippen molar-refractivity contribution in [1.29, 1.82) is 0 Å². The average molecular weight is 429 g/mol. The predicted octanol–water partition coefficient (Wildman–Crippen LogP) is 2.53. The second-order valence-corrected chi connectivity index (χ2v) is 9.05. The summed E-state index contributed by atoms with van der Waals surface area (Å²) in [6.07, 6.45) is 0. The van der Waals surface area contributed by atoms with E-state index in [4.69, 9.17) is 0 Å². The van der Waals surface area contributed by atoms with Crippen LogP contribution in [-0.2, 0) is 17.9 Å². The molecule has 1 amide bonds. The number of hydrogen-bond donors (Lipinski definition) is 0. The number of aryl methyl sites for hydroxylation is 1. The van der Waals surface area contributed by atoms with Gasteiger partial charge >= 0.3 is 0 Å². The van der Waals surface area contributed by atoms with Crippen LogP contribution < -0.4 is 0 Å². The van der Waals surface area contributed by atoms with E-state index in [1.54, 1.807) is 16.0 Å². The van der Waals surface area contributed by atoms with Crippen LogP contribution in [-0.4, -0.2) is 67.8 Å². The lowest BCUT2D eigenvalue weighted by Crippen LogP contribution is -2.48. The highest BCUT2D eigenvalue weighted by Crippen LogP contribution is 2.18. The number of carbonyl (C=O) groups is 1. The number of thiophene rings is 1. The Morgan fingerprint density at radius 2 is 1.93 bits per heavy atom. The number of carbonyl (C=O) groups excluding carboxylic acids is 1. The fourth-order valence-electron chi connectivity index (χ4n) is 3.35. The van der Waals surface area contributed by atoms with Gasteiger partial charge in [-0.25, -0.2) is 4.68 Å². The van der Waals surface area contributed by atoms with Gasteiger partial charge in [0.15, 0.2) is 0 Å². The highest BCUT2D eigenvalue weighted by atomic mass is 32.2. The first-order chi connectivity index (χ1) is 14.2. The molecule has 3 heterocycles. The van der Waals surface area contributed by atoms with E-state index in [9.17, 15) is 4.79 Å². The van der Waals surface area contributed by atoms with Gasteiger partial charge in [0.1, 0.15) is 0 Å². The van der Waals surface area contributed by atoms with Crippen molar-refractivity contribution in [2.24, 2.45) is 0 Å². The van der Waals surface area contributed by atoms with Crippen LogP contribution in [0, 0.1) is 6.92 Å². The maximum atomic E-state index is 12.7. The Kier molecular flexibility index (Phi) is 6.58. The van der Waals surface area contributed by atoms with Gasteiger partial charge in [0.05, 0.1) is 12.3 Å². The maximum Gasteiger partial charge on any atom is 0.233 e. The van der Waals surface area contributed by atoms with Crippen molar-refractivity contribution >= 4 is 29.0 Å². The Morgan fingerprint density at radius 1 is 1.10 bits per heavy atom. The molecule has 0 atom stereocenters. The standard InChI is InChI=1S/C20H24N6OS2/c1-16-5-2-3-6-17(16)13-24-8-10-25(11-9-24)19(27)15-29-20-21-22-23-26(20)14-18-7-4-12-28-18/h2-7,12H,8-11,13-15H2,1H3. The zero-order valence-electron chi connectivity index (χ0n) is 16.4. The number of rotatable bonds is 7. The van der Waals surface area contributed by atoms with Crippen molar-refractivity contribution in [3.63, 3.8) is 0 Å². The van der Waals surface area contributed by atoms with Gasteiger partial charge in [0.2, 0.25) is 11.1 Å². The lowest BCUT2D eigenvalue weighted by Gasteiger charge is -2.35. The molecular weight excluding hydrogens is 404 g/mol. The SMILES string of the molecule is Cc1ccccc1CN1CCN(C(=O)CSc2nnnn2Cc2cccs2)CC1. The highest BCUT2D eigenvalue weighted by Gasteiger charge is 2.22. The van der Waals surface area contributed by atoms with Crippen LogP contribution in [0.25, 0.3) is 0 Å². The van der Waals surface area contributed by atoms with Gasteiger partial charge in [-0.2, -0.15) is 0 Å². The summed E-state index contributed by atoms with van der Waals surface area (Å²) in [5.41, 5.74) is 2.68. The fraction of sp³-hybridized carbons (Fsp3) is 0.400. The highest BCUT2D eigenvalue weighted by molar-refractivity contribution is 7.99.